The van der Waals surface area contributed by atoms with Gasteiger partial charge in [0.25, 0.3) is 0 Å². The van der Waals surface area contributed by atoms with Gasteiger partial charge >= 0.3 is 0 Å². The lowest BCUT2D eigenvalue weighted by molar-refractivity contribution is 0.579. The van der Waals surface area contributed by atoms with Crippen molar-refractivity contribution in [3.63, 3.8) is 0 Å². The van der Waals surface area contributed by atoms with E-state index in [1.54, 1.807) is 0 Å². The van der Waals surface area contributed by atoms with Gasteiger partial charge in [0.05, 0.1) is 8.07 Å². The largest absolute Gasteiger partial charge is 0.0771 e. The quantitative estimate of drug-likeness (QED) is 0.555. The summed E-state index contributed by atoms with van der Waals surface area (Å²) < 4.78 is 0. The average molecular weight is 246 g/mol. The van der Waals surface area contributed by atoms with Crippen LogP contribution in [0.25, 0.3) is 0 Å². The predicted octanol–water partition coefficient (Wildman–Crippen LogP) is 5.23. The van der Waals surface area contributed by atoms with E-state index in [4.69, 9.17) is 0 Å². The van der Waals surface area contributed by atoms with Crippen LogP contribution in [-0.4, -0.2) is 8.07 Å². The van der Waals surface area contributed by atoms with Crippen LogP contribution in [0.2, 0.25) is 19.6 Å². The summed E-state index contributed by atoms with van der Waals surface area (Å²) in [5.74, 6) is 0.966. The summed E-state index contributed by atoms with van der Waals surface area (Å²) in [6.07, 6.45) is 11.6. The van der Waals surface area contributed by atoms with Crippen LogP contribution in [0.15, 0.2) is 21.9 Å². The molecule has 2 saturated carbocycles. The van der Waals surface area contributed by atoms with Gasteiger partial charge < -0.3 is 0 Å². The highest BCUT2D eigenvalue weighted by Gasteiger charge is 2.36. The minimum Gasteiger partial charge on any atom is -0.0771 e. The average Bonchev–Trinajstić information content (AvgIpc) is 2.74. The zero-order valence-corrected chi connectivity index (χ0v) is 12.7. The molecule has 0 heterocycles. The van der Waals surface area contributed by atoms with Crippen molar-refractivity contribution < 1.29 is 0 Å². The molecule has 0 nitrogen and oxygen atoms in total. The highest BCUT2D eigenvalue weighted by atomic mass is 28.3. The van der Waals surface area contributed by atoms with Crippen molar-refractivity contribution in [1.82, 2.24) is 0 Å². The molecule has 0 aromatic heterocycles. The van der Waals surface area contributed by atoms with E-state index in [1.807, 2.05) is 21.9 Å². The van der Waals surface area contributed by atoms with Crippen LogP contribution in [0.5, 0.6) is 0 Å². The maximum atomic E-state index is 2.56. The molecule has 3 aliphatic carbocycles. The number of hydrogen-bond donors (Lipinski definition) is 0. The van der Waals surface area contributed by atoms with E-state index in [2.05, 4.69) is 19.6 Å². The van der Waals surface area contributed by atoms with E-state index in [0.29, 0.717) is 0 Å². The number of rotatable bonds is 1. The molecule has 1 heteroatoms. The van der Waals surface area contributed by atoms with Crippen LogP contribution in [-0.2, 0) is 0 Å². The third-order valence-corrected chi connectivity index (χ3v) is 7.38. The first kappa shape index (κ1) is 11.8. The van der Waals surface area contributed by atoms with E-state index in [-0.39, 0.29) is 0 Å². The topological polar surface area (TPSA) is 0 Å². The Labute approximate surface area is 107 Å². The molecule has 0 N–H and O–H groups in total. The van der Waals surface area contributed by atoms with Gasteiger partial charge in [0.15, 0.2) is 0 Å². The smallest absolute Gasteiger partial charge is 0.0728 e. The van der Waals surface area contributed by atoms with Crippen molar-refractivity contribution in [3.8, 4) is 0 Å². The molecular weight excluding hydrogens is 220 g/mol. The first-order valence-electron chi connectivity index (χ1n) is 7.52. The van der Waals surface area contributed by atoms with Gasteiger partial charge in [0.1, 0.15) is 0 Å². The SMILES string of the molecule is C[Si](C)(C)C1=C2CCCCC2=C2CCCC2C1. The Hall–Kier alpha value is -0.303. The van der Waals surface area contributed by atoms with Crippen molar-refractivity contribution in [2.45, 2.75) is 71.0 Å². The van der Waals surface area contributed by atoms with Crippen molar-refractivity contribution in [1.29, 1.82) is 0 Å². The third kappa shape index (κ3) is 1.97. The van der Waals surface area contributed by atoms with Crippen LogP contribution >= 0.6 is 0 Å². The standard InChI is InChI=1S/C16H26Si/c1-17(2,3)16-11-12-7-6-10-13(12)14-8-4-5-9-15(14)16/h12H,4-11H2,1-3H3. The van der Waals surface area contributed by atoms with E-state index in [1.165, 1.54) is 51.4 Å². The molecule has 0 spiro atoms. The van der Waals surface area contributed by atoms with E-state index >= 15 is 0 Å². The molecule has 1 unspecified atom stereocenters. The number of fused-ring (bicyclic) bond motifs is 2. The van der Waals surface area contributed by atoms with E-state index in [0.717, 1.165) is 5.92 Å². The van der Waals surface area contributed by atoms with Crippen LogP contribution in [0, 0.1) is 5.92 Å². The summed E-state index contributed by atoms with van der Waals surface area (Å²) in [4.78, 5) is 0. The first-order valence-corrected chi connectivity index (χ1v) is 11.0. The van der Waals surface area contributed by atoms with E-state index in [9.17, 15) is 0 Å². The van der Waals surface area contributed by atoms with Gasteiger partial charge in [-0.2, -0.15) is 0 Å². The fourth-order valence-electron chi connectivity index (χ4n) is 4.26. The second-order valence-corrected chi connectivity index (χ2v) is 12.3. The molecule has 3 rings (SSSR count). The summed E-state index contributed by atoms with van der Waals surface area (Å²) in [7, 11) is -1.08. The zero-order chi connectivity index (χ0) is 12.0. The Kier molecular flexibility index (Phi) is 2.85. The second kappa shape index (κ2) is 4.12. The predicted molar refractivity (Wildman–Crippen MR) is 77.8 cm³/mol. The fraction of sp³-hybridized carbons (Fsp3) is 0.750. The lowest BCUT2D eigenvalue weighted by Gasteiger charge is -2.37. The Bertz CT molecular complexity index is 392. The number of hydrogen-bond acceptors (Lipinski definition) is 0. The molecule has 3 aliphatic rings. The maximum absolute atomic E-state index is 2.56. The molecule has 0 amide bonds. The van der Waals surface area contributed by atoms with Gasteiger partial charge in [0.2, 0.25) is 0 Å². The molecule has 17 heavy (non-hydrogen) atoms. The molecule has 0 bridgehead atoms. The van der Waals surface area contributed by atoms with Crippen LogP contribution in [0.3, 0.4) is 0 Å². The van der Waals surface area contributed by atoms with Gasteiger partial charge in [-0.3, -0.25) is 0 Å². The van der Waals surface area contributed by atoms with Crippen molar-refractivity contribution in [2.75, 3.05) is 0 Å². The van der Waals surface area contributed by atoms with Crippen LogP contribution < -0.4 is 0 Å². The zero-order valence-electron chi connectivity index (χ0n) is 11.7. The normalized spacial score (nSPS) is 29.5. The summed E-state index contributed by atoms with van der Waals surface area (Å²) in [6.45, 7) is 7.67. The lowest BCUT2D eigenvalue weighted by atomic mass is 9.78. The second-order valence-electron chi connectivity index (χ2n) is 7.21. The molecule has 2 fully saturated rings. The molecule has 1 atom stereocenters. The highest BCUT2D eigenvalue weighted by Crippen LogP contribution is 2.50. The van der Waals surface area contributed by atoms with Crippen LogP contribution in [0.4, 0.5) is 0 Å². The van der Waals surface area contributed by atoms with E-state index < -0.39 is 8.07 Å². The van der Waals surface area contributed by atoms with Crippen LogP contribution in [0.1, 0.15) is 51.4 Å². The Morgan fingerprint density at radius 2 is 1.59 bits per heavy atom. The summed E-state index contributed by atoms with van der Waals surface area (Å²) in [6, 6.07) is 0. The van der Waals surface area contributed by atoms with Crippen molar-refractivity contribution in [3.05, 3.63) is 21.9 Å². The molecular formula is C16H26Si. The van der Waals surface area contributed by atoms with Crippen molar-refractivity contribution in [2.24, 2.45) is 5.92 Å². The molecule has 0 saturated heterocycles. The van der Waals surface area contributed by atoms with Gasteiger partial charge in [-0.05, 0) is 68.4 Å². The van der Waals surface area contributed by atoms with Gasteiger partial charge in [-0.1, -0.05) is 30.4 Å². The third-order valence-electron chi connectivity index (χ3n) is 5.07. The summed E-state index contributed by atoms with van der Waals surface area (Å²) in [5.41, 5.74) is 5.63. The lowest BCUT2D eigenvalue weighted by Crippen LogP contribution is -2.30. The summed E-state index contributed by atoms with van der Waals surface area (Å²) in [5, 5.41) is 1.95. The molecule has 0 radical (unpaired) electrons. The molecule has 0 aromatic rings. The Morgan fingerprint density at radius 3 is 2.29 bits per heavy atom. The fourth-order valence-corrected chi connectivity index (χ4v) is 6.30. The minimum atomic E-state index is -1.08. The summed E-state index contributed by atoms with van der Waals surface area (Å²) >= 11 is 0. The van der Waals surface area contributed by atoms with Gasteiger partial charge in [0, 0.05) is 0 Å². The van der Waals surface area contributed by atoms with Gasteiger partial charge in [-0.15, -0.1) is 0 Å². The number of allylic oxidation sites excluding steroid dienone is 4. The first-order chi connectivity index (χ1) is 8.07. The molecule has 0 aliphatic heterocycles. The van der Waals surface area contributed by atoms with Crippen molar-refractivity contribution >= 4 is 8.07 Å². The van der Waals surface area contributed by atoms with Gasteiger partial charge in [-0.25, -0.2) is 0 Å². The molecule has 0 aromatic carbocycles. The minimum absolute atomic E-state index is 0.966. The highest BCUT2D eigenvalue weighted by molar-refractivity contribution is 6.83. The molecule has 94 valence electrons. The Morgan fingerprint density at radius 1 is 0.882 bits per heavy atom. The monoisotopic (exact) mass is 246 g/mol. The maximum Gasteiger partial charge on any atom is 0.0728 e. The Balaban J connectivity index is 2.08.